The van der Waals surface area contributed by atoms with Crippen LogP contribution in [0.5, 0.6) is 0 Å². The molecule has 0 saturated carbocycles. The average Bonchev–Trinajstić information content (AvgIpc) is 3.68. The summed E-state index contributed by atoms with van der Waals surface area (Å²) >= 11 is 0. The fourth-order valence-electron chi connectivity index (χ4n) is 6.67. The number of nitrogens with zero attached hydrogens (tertiary/aromatic N) is 1. The molecule has 0 bridgehead atoms. The normalized spacial score (nSPS) is 11.6. The Morgan fingerprint density at radius 3 is 1.87 bits per heavy atom. The van der Waals surface area contributed by atoms with Crippen LogP contribution in [0.1, 0.15) is 0 Å². The van der Waals surface area contributed by atoms with Crippen LogP contribution in [0.3, 0.4) is 0 Å². The maximum Gasteiger partial charge on any atom is 0.143 e. The number of benzene rings is 7. The van der Waals surface area contributed by atoms with E-state index in [1.54, 1.807) is 0 Å². The highest BCUT2D eigenvalue weighted by atomic mass is 16.3. The summed E-state index contributed by atoms with van der Waals surface area (Å²) < 4.78 is 12.8. The summed E-state index contributed by atoms with van der Waals surface area (Å²) in [4.78, 5) is 2.37. The van der Waals surface area contributed by atoms with Crippen molar-refractivity contribution in [3.8, 4) is 22.3 Å². The molecular weight excluding hydrogens is 550 g/mol. The van der Waals surface area contributed by atoms with Crippen molar-refractivity contribution in [1.29, 1.82) is 0 Å². The minimum Gasteiger partial charge on any atom is -0.456 e. The summed E-state index contributed by atoms with van der Waals surface area (Å²) in [5, 5.41) is 4.42. The molecule has 0 aliphatic carbocycles. The number of furan rings is 2. The first-order valence-corrected chi connectivity index (χ1v) is 15.2. The quantitative estimate of drug-likeness (QED) is 0.204. The molecule has 0 spiro atoms. The molecule has 9 rings (SSSR count). The van der Waals surface area contributed by atoms with Crippen molar-refractivity contribution in [1.82, 2.24) is 0 Å². The van der Waals surface area contributed by atoms with Gasteiger partial charge in [0.1, 0.15) is 22.3 Å². The van der Waals surface area contributed by atoms with Crippen LogP contribution in [0.2, 0.25) is 0 Å². The second-order valence-corrected chi connectivity index (χ2v) is 11.3. The largest absolute Gasteiger partial charge is 0.456 e. The lowest BCUT2D eigenvalue weighted by atomic mass is 9.99. The average molecular weight is 578 g/mol. The predicted octanol–water partition coefficient (Wildman–Crippen LogP) is 12.3. The van der Waals surface area contributed by atoms with Crippen molar-refractivity contribution in [2.24, 2.45) is 0 Å². The van der Waals surface area contributed by atoms with E-state index in [0.29, 0.717) is 0 Å². The van der Waals surface area contributed by atoms with Crippen LogP contribution in [-0.2, 0) is 0 Å². The zero-order chi connectivity index (χ0) is 29.7. The number of rotatable bonds is 5. The minimum atomic E-state index is 0.860. The van der Waals surface area contributed by atoms with Crippen LogP contribution in [0.25, 0.3) is 66.1 Å². The summed E-state index contributed by atoms with van der Waals surface area (Å²) in [7, 11) is 0. The molecule has 2 aromatic heterocycles. The van der Waals surface area contributed by atoms with Gasteiger partial charge >= 0.3 is 0 Å². The van der Waals surface area contributed by atoms with Gasteiger partial charge in [-0.15, -0.1) is 0 Å². The molecule has 2 heterocycles. The lowest BCUT2D eigenvalue weighted by Gasteiger charge is -2.29. The van der Waals surface area contributed by atoms with Gasteiger partial charge in [0.05, 0.1) is 16.8 Å². The Balaban J connectivity index is 1.32. The first-order chi connectivity index (χ1) is 22.3. The van der Waals surface area contributed by atoms with Gasteiger partial charge in [0.2, 0.25) is 0 Å². The maximum absolute atomic E-state index is 6.45. The Morgan fingerprint density at radius 2 is 0.978 bits per heavy atom. The van der Waals surface area contributed by atoms with Gasteiger partial charge in [-0.25, -0.2) is 0 Å². The molecule has 7 aromatic carbocycles. The maximum atomic E-state index is 6.45. The van der Waals surface area contributed by atoms with Gasteiger partial charge < -0.3 is 13.7 Å². The Morgan fingerprint density at radius 1 is 0.378 bits per heavy atom. The molecule has 0 saturated heterocycles. The molecule has 0 atom stereocenters. The van der Waals surface area contributed by atoms with Crippen molar-refractivity contribution >= 4 is 60.9 Å². The van der Waals surface area contributed by atoms with Crippen molar-refractivity contribution in [3.63, 3.8) is 0 Å². The van der Waals surface area contributed by atoms with Gasteiger partial charge in [0, 0.05) is 33.0 Å². The van der Waals surface area contributed by atoms with E-state index in [4.69, 9.17) is 8.83 Å². The van der Waals surface area contributed by atoms with Crippen LogP contribution in [-0.4, -0.2) is 0 Å². The summed E-state index contributed by atoms with van der Waals surface area (Å²) in [6.07, 6.45) is 0. The first-order valence-electron chi connectivity index (χ1n) is 15.2. The molecule has 0 aliphatic heterocycles. The van der Waals surface area contributed by atoms with Crippen molar-refractivity contribution < 1.29 is 8.83 Å². The third-order valence-corrected chi connectivity index (χ3v) is 8.67. The van der Waals surface area contributed by atoms with E-state index in [2.05, 4.69) is 144 Å². The molecule has 9 aromatic rings. The molecule has 0 fully saturated rings. The highest BCUT2D eigenvalue weighted by Gasteiger charge is 2.22. The Kier molecular flexibility index (Phi) is 5.82. The molecular formula is C42H27NO2. The smallest absolute Gasteiger partial charge is 0.143 e. The minimum absolute atomic E-state index is 0.860. The third-order valence-electron chi connectivity index (χ3n) is 8.67. The van der Waals surface area contributed by atoms with Crippen LogP contribution >= 0.6 is 0 Å². The Hall–Kier alpha value is -6.06. The van der Waals surface area contributed by atoms with E-state index in [1.807, 2.05) is 24.3 Å². The molecule has 45 heavy (non-hydrogen) atoms. The molecule has 3 heteroatoms. The fraction of sp³-hybridized carbons (Fsp3) is 0. The van der Waals surface area contributed by atoms with Crippen LogP contribution in [0.15, 0.2) is 173 Å². The monoisotopic (exact) mass is 577 g/mol. The van der Waals surface area contributed by atoms with Crippen molar-refractivity contribution in [2.45, 2.75) is 0 Å². The number of anilines is 3. The molecule has 0 amide bonds. The van der Waals surface area contributed by atoms with Crippen molar-refractivity contribution in [3.05, 3.63) is 164 Å². The van der Waals surface area contributed by atoms with E-state index in [9.17, 15) is 0 Å². The van der Waals surface area contributed by atoms with Crippen LogP contribution in [0, 0.1) is 0 Å². The SMILES string of the molecule is c1ccc(-c2ccccc2N(c2cccc(-c3cccc4c3oc3ccccc34)c2)c2cccc3oc4ccccc4c23)cc1. The van der Waals surface area contributed by atoms with E-state index in [0.717, 1.165) is 83.2 Å². The fourth-order valence-corrected chi connectivity index (χ4v) is 6.67. The molecule has 212 valence electrons. The number of fused-ring (bicyclic) bond motifs is 6. The molecule has 0 aliphatic rings. The molecule has 0 radical (unpaired) electrons. The number of hydrogen-bond donors (Lipinski definition) is 0. The predicted molar refractivity (Wildman–Crippen MR) is 187 cm³/mol. The third kappa shape index (κ3) is 4.13. The van der Waals surface area contributed by atoms with Crippen molar-refractivity contribution in [2.75, 3.05) is 4.90 Å². The second-order valence-electron chi connectivity index (χ2n) is 11.3. The summed E-state index contributed by atoms with van der Waals surface area (Å²) in [6, 6.07) is 57.2. The van der Waals surface area contributed by atoms with E-state index in [-0.39, 0.29) is 0 Å². The van der Waals surface area contributed by atoms with Gasteiger partial charge in [-0.3, -0.25) is 0 Å². The van der Waals surface area contributed by atoms with E-state index >= 15 is 0 Å². The molecule has 0 unspecified atom stereocenters. The summed E-state index contributed by atoms with van der Waals surface area (Å²) in [6.45, 7) is 0. The number of hydrogen-bond acceptors (Lipinski definition) is 3. The summed E-state index contributed by atoms with van der Waals surface area (Å²) in [5.74, 6) is 0. The zero-order valence-corrected chi connectivity index (χ0v) is 24.4. The molecule has 3 nitrogen and oxygen atoms in total. The highest BCUT2D eigenvalue weighted by Crippen LogP contribution is 2.46. The molecule has 0 N–H and O–H groups in total. The highest BCUT2D eigenvalue weighted by molar-refractivity contribution is 6.14. The van der Waals surface area contributed by atoms with Crippen LogP contribution in [0.4, 0.5) is 17.1 Å². The zero-order valence-electron chi connectivity index (χ0n) is 24.4. The van der Waals surface area contributed by atoms with Gasteiger partial charge in [0.15, 0.2) is 0 Å². The first kappa shape index (κ1) is 25.4. The Bertz CT molecular complexity index is 2500. The Labute approximate surface area is 260 Å². The van der Waals surface area contributed by atoms with Gasteiger partial charge in [-0.1, -0.05) is 121 Å². The summed E-state index contributed by atoms with van der Waals surface area (Å²) in [5.41, 5.74) is 11.2. The number of para-hydroxylation sites is 4. The van der Waals surface area contributed by atoms with Gasteiger partial charge in [-0.2, -0.15) is 0 Å². The van der Waals surface area contributed by atoms with Gasteiger partial charge in [0.25, 0.3) is 0 Å². The van der Waals surface area contributed by atoms with Gasteiger partial charge in [-0.05, 0) is 53.6 Å². The standard InChI is InChI=1S/C42H27NO2/c1-2-13-28(14-3-1)31-17-4-7-22-36(31)43(37-23-12-26-40-41(37)35-19-6-9-25-39(35)44-40)30-16-10-15-29(27-30)32-20-11-21-34-33-18-5-8-24-38(33)45-42(32)34/h1-27H. The van der Waals surface area contributed by atoms with E-state index in [1.165, 1.54) is 0 Å². The lowest BCUT2D eigenvalue weighted by molar-refractivity contribution is 0.669. The van der Waals surface area contributed by atoms with E-state index < -0.39 is 0 Å². The lowest BCUT2D eigenvalue weighted by Crippen LogP contribution is -2.11. The topological polar surface area (TPSA) is 29.5 Å². The van der Waals surface area contributed by atoms with Crippen LogP contribution < -0.4 is 4.90 Å². The second kappa shape index (κ2) is 10.3.